The third-order valence-electron chi connectivity index (χ3n) is 6.55. The molecule has 2 aliphatic rings. The van der Waals surface area contributed by atoms with Crippen LogP contribution in [0.4, 0.5) is 5.00 Å². The molecule has 0 saturated heterocycles. The van der Waals surface area contributed by atoms with E-state index in [2.05, 4.69) is 25.1 Å². The van der Waals surface area contributed by atoms with Crippen molar-refractivity contribution in [2.24, 2.45) is 11.8 Å². The molecule has 1 atom stereocenters. The molecular weight excluding hydrogens is 394 g/mol. The molecule has 2 heterocycles. The van der Waals surface area contributed by atoms with Crippen LogP contribution in [0.5, 0.6) is 0 Å². The van der Waals surface area contributed by atoms with Crippen LogP contribution in [0, 0.1) is 11.8 Å². The second-order valence-corrected chi connectivity index (χ2v) is 9.38. The number of aliphatic hydroxyl groups excluding tert-OH is 1. The van der Waals surface area contributed by atoms with Crippen molar-refractivity contribution >= 4 is 28.0 Å². The zero-order valence-electron chi connectivity index (χ0n) is 18.1. The summed E-state index contributed by atoms with van der Waals surface area (Å²) in [5.74, 6) is 1.58. The van der Waals surface area contributed by atoms with Gasteiger partial charge in [-0.15, -0.1) is 11.3 Å². The van der Waals surface area contributed by atoms with Crippen LogP contribution in [-0.2, 0) is 9.53 Å². The summed E-state index contributed by atoms with van der Waals surface area (Å²) in [6.45, 7) is 6.52. The molecule has 4 rings (SSSR count). The number of thiophene rings is 1. The van der Waals surface area contributed by atoms with E-state index >= 15 is 0 Å². The van der Waals surface area contributed by atoms with Gasteiger partial charge in [0.25, 0.3) is 0 Å². The van der Waals surface area contributed by atoms with Gasteiger partial charge in [0.2, 0.25) is 5.91 Å². The molecule has 1 aliphatic carbocycles. The molecule has 5 heteroatoms. The summed E-state index contributed by atoms with van der Waals surface area (Å²) >= 11 is 1.61. The molecule has 30 heavy (non-hydrogen) atoms. The van der Waals surface area contributed by atoms with E-state index in [0.29, 0.717) is 12.4 Å². The monoisotopic (exact) mass is 425 g/mol. The first-order valence-electron chi connectivity index (χ1n) is 11.1. The lowest BCUT2D eigenvalue weighted by Crippen LogP contribution is -2.46. The Kier molecular flexibility index (Phi) is 6.19. The number of aliphatic hydroxyl groups is 1. The number of hydrogen-bond acceptors (Lipinski definition) is 4. The predicted molar refractivity (Wildman–Crippen MR) is 124 cm³/mol. The van der Waals surface area contributed by atoms with Gasteiger partial charge in [0.15, 0.2) is 11.5 Å². The molecule has 1 unspecified atom stereocenters. The summed E-state index contributed by atoms with van der Waals surface area (Å²) in [6.07, 6.45) is 5.31. The standard InChI is InChI=1S/C25H31NO3S/c1-4-17-11-13-19(14-12-17)24(28)26-16(3)22(27)23(29-5-2)20-15-21(30-25(20)26)18-9-7-6-8-10-18/h6-10,15-17,19,27H,4-5,11-14H2,1-3H3. The number of carbonyl (C=O) groups excluding carboxylic acids is 1. The minimum absolute atomic E-state index is 0.0341. The van der Waals surface area contributed by atoms with Crippen molar-refractivity contribution in [1.29, 1.82) is 0 Å². The lowest BCUT2D eigenvalue weighted by molar-refractivity contribution is -0.124. The van der Waals surface area contributed by atoms with Crippen molar-refractivity contribution < 1.29 is 14.6 Å². The van der Waals surface area contributed by atoms with Gasteiger partial charge in [-0.05, 0) is 57.1 Å². The van der Waals surface area contributed by atoms with Crippen LogP contribution in [0.15, 0.2) is 42.2 Å². The van der Waals surface area contributed by atoms with Gasteiger partial charge in [-0.2, -0.15) is 0 Å². The molecular formula is C25H31NO3S. The summed E-state index contributed by atoms with van der Waals surface area (Å²) in [7, 11) is 0. The molecule has 1 aromatic heterocycles. The molecule has 1 amide bonds. The van der Waals surface area contributed by atoms with Crippen LogP contribution in [0.1, 0.15) is 58.4 Å². The number of carbonyl (C=O) groups is 1. The number of rotatable bonds is 5. The van der Waals surface area contributed by atoms with Crippen LogP contribution in [0.25, 0.3) is 16.2 Å². The SMILES string of the molecule is CCOC1=C(O)C(C)N(C(=O)C2CCC(CC)CC2)c2sc(-c3ccccc3)cc21. The predicted octanol–water partition coefficient (Wildman–Crippen LogP) is 6.63. The van der Waals surface area contributed by atoms with Crippen molar-refractivity contribution in [2.75, 3.05) is 11.5 Å². The maximum Gasteiger partial charge on any atom is 0.231 e. The second-order valence-electron chi connectivity index (χ2n) is 8.35. The first-order valence-corrected chi connectivity index (χ1v) is 11.9. The van der Waals surface area contributed by atoms with E-state index in [4.69, 9.17) is 4.74 Å². The number of ether oxygens (including phenoxy) is 1. The zero-order chi connectivity index (χ0) is 21.3. The Morgan fingerprint density at radius 2 is 1.87 bits per heavy atom. The molecule has 0 radical (unpaired) electrons. The molecule has 160 valence electrons. The van der Waals surface area contributed by atoms with E-state index in [-0.39, 0.29) is 17.6 Å². The quantitative estimate of drug-likeness (QED) is 0.585. The normalized spacial score (nSPS) is 24.0. The number of fused-ring (bicyclic) bond motifs is 1. The van der Waals surface area contributed by atoms with E-state index in [1.54, 1.807) is 11.3 Å². The molecule has 1 aromatic carbocycles. The van der Waals surface area contributed by atoms with Gasteiger partial charge in [0.05, 0.1) is 18.2 Å². The highest BCUT2D eigenvalue weighted by molar-refractivity contribution is 7.20. The van der Waals surface area contributed by atoms with Crippen molar-refractivity contribution in [2.45, 2.75) is 58.9 Å². The number of hydrogen-bond donors (Lipinski definition) is 1. The fraction of sp³-hybridized carbons (Fsp3) is 0.480. The third kappa shape index (κ3) is 3.76. The molecule has 4 nitrogen and oxygen atoms in total. The van der Waals surface area contributed by atoms with Crippen molar-refractivity contribution in [3.63, 3.8) is 0 Å². The zero-order valence-corrected chi connectivity index (χ0v) is 18.9. The Morgan fingerprint density at radius 3 is 2.50 bits per heavy atom. The van der Waals surface area contributed by atoms with Crippen LogP contribution in [0.2, 0.25) is 0 Å². The van der Waals surface area contributed by atoms with E-state index in [0.717, 1.165) is 52.6 Å². The Balaban J connectivity index is 1.72. The first-order chi connectivity index (χ1) is 14.5. The highest BCUT2D eigenvalue weighted by atomic mass is 32.1. The van der Waals surface area contributed by atoms with Crippen LogP contribution >= 0.6 is 11.3 Å². The number of benzene rings is 1. The van der Waals surface area contributed by atoms with Gasteiger partial charge in [0, 0.05) is 10.8 Å². The average Bonchev–Trinajstić information content (AvgIpc) is 3.22. The lowest BCUT2D eigenvalue weighted by atomic mass is 9.80. The Hall–Kier alpha value is -2.27. The van der Waals surface area contributed by atoms with Crippen LogP contribution in [0.3, 0.4) is 0 Å². The molecule has 0 spiro atoms. The molecule has 0 bridgehead atoms. The first kappa shape index (κ1) is 21.0. The van der Waals surface area contributed by atoms with Crippen molar-refractivity contribution in [1.82, 2.24) is 0 Å². The highest BCUT2D eigenvalue weighted by Gasteiger charge is 2.40. The summed E-state index contributed by atoms with van der Waals surface area (Å²) in [5, 5.41) is 11.9. The maximum atomic E-state index is 13.6. The summed E-state index contributed by atoms with van der Waals surface area (Å²) in [5.41, 5.74) is 1.93. The Morgan fingerprint density at radius 1 is 1.17 bits per heavy atom. The fourth-order valence-electron chi connectivity index (χ4n) is 4.69. The minimum atomic E-state index is -0.419. The topological polar surface area (TPSA) is 49.8 Å². The molecule has 1 aliphatic heterocycles. The van der Waals surface area contributed by atoms with Gasteiger partial charge >= 0.3 is 0 Å². The van der Waals surface area contributed by atoms with Crippen LogP contribution < -0.4 is 4.90 Å². The molecule has 1 fully saturated rings. The van der Waals surface area contributed by atoms with Gasteiger partial charge in [0.1, 0.15) is 5.00 Å². The number of amides is 1. The smallest absolute Gasteiger partial charge is 0.231 e. The third-order valence-corrected chi connectivity index (χ3v) is 7.73. The number of anilines is 1. The van der Waals surface area contributed by atoms with Crippen molar-refractivity contribution in [3.8, 4) is 10.4 Å². The van der Waals surface area contributed by atoms with E-state index < -0.39 is 6.04 Å². The summed E-state index contributed by atoms with van der Waals surface area (Å²) in [4.78, 5) is 16.5. The van der Waals surface area contributed by atoms with Crippen molar-refractivity contribution in [3.05, 3.63) is 47.7 Å². The van der Waals surface area contributed by atoms with E-state index in [9.17, 15) is 9.90 Å². The van der Waals surface area contributed by atoms with Gasteiger partial charge in [-0.1, -0.05) is 43.7 Å². The number of nitrogens with zero attached hydrogens (tertiary/aromatic N) is 1. The molecule has 1 saturated carbocycles. The Labute approximate surface area is 183 Å². The molecule has 2 aromatic rings. The maximum absolute atomic E-state index is 13.6. The highest BCUT2D eigenvalue weighted by Crippen LogP contribution is 2.47. The van der Waals surface area contributed by atoms with E-state index in [1.807, 2.05) is 36.9 Å². The Bertz CT molecular complexity index is 925. The minimum Gasteiger partial charge on any atom is -0.506 e. The fourth-order valence-corrected chi connectivity index (χ4v) is 5.94. The summed E-state index contributed by atoms with van der Waals surface area (Å²) in [6, 6.07) is 11.8. The largest absolute Gasteiger partial charge is 0.506 e. The van der Waals surface area contributed by atoms with Crippen LogP contribution in [-0.4, -0.2) is 23.7 Å². The summed E-state index contributed by atoms with van der Waals surface area (Å²) < 4.78 is 5.84. The van der Waals surface area contributed by atoms with Gasteiger partial charge < -0.3 is 9.84 Å². The average molecular weight is 426 g/mol. The molecule has 1 N–H and O–H groups in total. The van der Waals surface area contributed by atoms with Gasteiger partial charge in [-0.25, -0.2) is 0 Å². The lowest BCUT2D eigenvalue weighted by Gasteiger charge is -2.37. The second kappa shape index (κ2) is 8.84. The van der Waals surface area contributed by atoms with Gasteiger partial charge in [-0.3, -0.25) is 9.69 Å². The van der Waals surface area contributed by atoms with E-state index in [1.165, 1.54) is 6.42 Å².